The summed E-state index contributed by atoms with van der Waals surface area (Å²) in [6.07, 6.45) is 3.51. The van der Waals surface area contributed by atoms with Crippen LogP contribution < -0.4 is 5.32 Å². The van der Waals surface area contributed by atoms with Crippen LogP contribution in [-0.2, 0) is 9.53 Å². The molecule has 2 aliphatic heterocycles. The monoisotopic (exact) mass is 282 g/mol. The number of hydrogen-bond donors (Lipinski definition) is 1. The number of nitrogens with one attached hydrogen (secondary N) is 1. The first-order chi connectivity index (χ1) is 9.35. The topological polar surface area (TPSA) is 41.6 Å². The molecule has 0 spiro atoms. The number of hydrogen-bond acceptors (Lipinski definition) is 4. The van der Waals surface area contributed by atoms with Gasteiger partial charge in [0.25, 0.3) is 0 Å². The smallest absolute Gasteiger partial charge is 0.310 e. The van der Waals surface area contributed by atoms with E-state index in [1.165, 1.54) is 25.9 Å². The minimum Gasteiger partial charge on any atom is -0.460 e. The maximum absolute atomic E-state index is 12.2. The van der Waals surface area contributed by atoms with E-state index in [1.54, 1.807) is 0 Å². The summed E-state index contributed by atoms with van der Waals surface area (Å²) in [6.45, 7) is 12.3. The van der Waals surface area contributed by atoms with Gasteiger partial charge in [-0.05, 0) is 59.0 Å². The van der Waals surface area contributed by atoms with E-state index in [1.807, 2.05) is 20.8 Å². The molecule has 0 aromatic heterocycles. The zero-order valence-electron chi connectivity index (χ0n) is 13.4. The van der Waals surface area contributed by atoms with E-state index < -0.39 is 0 Å². The van der Waals surface area contributed by atoms with Gasteiger partial charge in [0, 0.05) is 19.1 Å². The summed E-state index contributed by atoms with van der Waals surface area (Å²) in [7, 11) is 0. The first kappa shape index (κ1) is 15.8. The van der Waals surface area contributed by atoms with Crippen LogP contribution in [0.15, 0.2) is 0 Å². The van der Waals surface area contributed by atoms with Gasteiger partial charge in [0.2, 0.25) is 0 Å². The second-order valence-electron chi connectivity index (χ2n) is 7.50. The summed E-state index contributed by atoms with van der Waals surface area (Å²) in [5.74, 6) is 0.817. The maximum Gasteiger partial charge on any atom is 0.310 e. The van der Waals surface area contributed by atoms with Crippen LogP contribution in [0.25, 0.3) is 0 Å². The van der Waals surface area contributed by atoms with Crippen LogP contribution in [0.3, 0.4) is 0 Å². The zero-order valence-corrected chi connectivity index (χ0v) is 13.4. The Morgan fingerprint density at radius 3 is 2.45 bits per heavy atom. The second kappa shape index (κ2) is 6.44. The maximum atomic E-state index is 12.2. The summed E-state index contributed by atoms with van der Waals surface area (Å²) >= 11 is 0. The van der Waals surface area contributed by atoms with Crippen molar-refractivity contribution >= 4 is 5.97 Å². The molecular weight excluding hydrogens is 252 g/mol. The largest absolute Gasteiger partial charge is 0.460 e. The van der Waals surface area contributed by atoms with E-state index in [9.17, 15) is 4.79 Å². The lowest BCUT2D eigenvalue weighted by Crippen LogP contribution is -2.53. The van der Waals surface area contributed by atoms with Gasteiger partial charge >= 0.3 is 5.97 Å². The van der Waals surface area contributed by atoms with Crippen LogP contribution in [0.4, 0.5) is 0 Å². The van der Waals surface area contributed by atoms with Gasteiger partial charge in [-0.1, -0.05) is 6.92 Å². The minimum absolute atomic E-state index is 0.00678. The molecule has 20 heavy (non-hydrogen) atoms. The van der Waals surface area contributed by atoms with E-state index >= 15 is 0 Å². The molecule has 0 aromatic rings. The molecule has 0 aromatic carbocycles. The standard InChI is InChI=1S/C16H30N2O2/c1-12-5-7-18(8-6-12)14-9-13(10-17-11-14)15(19)20-16(2,3)4/h12-14,17H,5-11H2,1-4H3/t13-,14-/m0/s1. The molecule has 2 fully saturated rings. The fourth-order valence-corrected chi connectivity index (χ4v) is 3.16. The lowest BCUT2D eigenvalue weighted by molar-refractivity contribution is -0.161. The third-order valence-corrected chi connectivity index (χ3v) is 4.40. The van der Waals surface area contributed by atoms with Crippen LogP contribution >= 0.6 is 0 Å². The molecule has 0 bridgehead atoms. The molecule has 2 rings (SSSR count). The Morgan fingerprint density at radius 2 is 1.85 bits per heavy atom. The van der Waals surface area contributed by atoms with Crippen molar-refractivity contribution in [1.82, 2.24) is 10.2 Å². The molecular formula is C16H30N2O2. The average Bonchev–Trinajstić information content (AvgIpc) is 2.38. The average molecular weight is 282 g/mol. The van der Waals surface area contributed by atoms with E-state index in [0.717, 1.165) is 25.4 Å². The fourth-order valence-electron chi connectivity index (χ4n) is 3.16. The summed E-state index contributed by atoms with van der Waals surface area (Å²) in [5, 5.41) is 3.42. The highest BCUT2D eigenvalue weighted by molar-refractivity contribution is 5.73. The van der Waals surface area contributed by atoms with Crippen molar-refractivity contribution in [3.8, 4) is 0 Å². The van der Waals surface area contributed by atoms with E-state index in [2.05, 4.69) is 17.1 Å². The summed E-state index contributed by atoms with van der Waals surface area (Å²) < 4.78 is 5.53. The van der Waals surface area contributed by atoms with Crippen molar-refractivity contribution in [3.63, 3.8) is 0 Å². The highest BCUT2D eigenvalue weighted by atomic mass is 16.6. The molecule has 0 unspecified atom stereocenters. The molecule has 2 saturated heterocycles. The highest BCUT2D eigenvalue weighted by Gasteiger charge is 2.33. The van der Waals surface area contributed by atoms with E-state index in [-0.39, 0.29) is 17.5 Å². The summed E-state index contributed by atoms with van der Waals surface area (Å²) in [4.78, 5) is 14.8. The number of likely N-dealkylation sites (tertiary alicyclic amines) is 1. The van der Waals surface area contributed by atoms with Gasteiger partial charge in [0.1, 0.15) is 5.60 Å². The van der Waals surface area contributed by atoms with Gasteiger partial charge in [-0.15, -0.1) is 0 Å². The SMILES string of the molecule is CC1CCN([C@@H]2CNC[C@@H](C(=O)OC(C)(C)C)C2)CC1. The summed E-state index contributed by atoms with van der Waals surface area (Å²) in [6, 6.07) is 0.494. The minimum atomic E-state index is -0.384. The number of ether oxygens (including phenoxy) is 1. The number of esters is 1. The summed E-state index contributed by atoms with van der Waals surface area (Å²) in [5.41, 5.74) is -0.384. The quantitative estimate of drug-likeness (QED) is 0.787. The van der Waals surface area contributed by atoms with Crippen molar-refractivity contribution in [3.05, 3.63) is 0 Å². The third-order valence-electron chi connectivity index (χ3n) is 4.40. The Balaban J connectivity index is 1.86. The normalized spacial score (nSPS) is 30.2. The van der Waals surface area contributed by atoms with Gasteiger partial charge in [0.15, 0.2) is 0 Å². The van der Waals surface area contributed by atoms with Gasteiger partial charge in [-0.2, -0.15) is 0 Å². The molecule has 4 heteroatoms. The number of carbonyl (C=O) groups is 1. The van der Waals surface area contributed by atoms with Crippen LogP contribution in [-0.4, -0.2) is 48.7 Å². The lowest BCUT2D eigenvalue weighted by atomic mass is 9.91. The second-order valence-corrected chi connectivity index (χ2v) is 7.50. The van der Waals surface area contributed by atoms with Crippen LogP contribution in [0.5, 0.6) is 0 Å². The molecule has 116 valence electrons. The molecule has 0 amide bonds. The highest BCUT2D eigenvalue weighted by Crippen LogP contribution is 2.24. The van der Waals surface area contributed by atoms with Gasteiger partial charge in [-0.25, -0.2) is 0 Å². The van der Waals surface area contributed by atoms with Crippen molar-refractivity contribution in [2.75, 3.05) is 26.2 Å². The molecule has 2 aliphatic rings. The predicted molar refractivity (Wildman–Crippen MR) is 80.6 cm³/mol. The van der Waals surface area contributed by atoms with Crippen molar-refractivity contribution in [2.24, 2.45) is 11.8 Å². The molecule has 2 heterocycles. The molecule has 2 atom stereocenters. The van der Waals surface area contributed by atoms with Crippen molar-refractivity contribution < 1.29 is 9.53 Å². The van der Waals surface area contributed by atoms with Crippen LogP contribution in [0.1, 0.15) is 47.0 Å². The van der Waals surface area contributed by atoms with Crippen LogP contribution in [0, 0.1) is 11.8 Å². The Morgan fingerprint density at radius 1 is 1.20 bits per heavy atom. The Hall–Kier alpha value is -0.610. The van der Waals surface area contributed by atoms with Crippen molar-refractivity contribution in [1.29, 1.82) is 0 Å². The molecule has 0 radical (unpaired) electrons. The number of carbonyl (C=O) groups excluding carboxylic acids is 1. The van der Waals surface area contributed by atoms with Crippen LogP contribution in [0.2, 0.25) is 0 Å². The molecule has 0 aliphatic carbocycles. The first-order valence-electron chi connectivity index (χ1n) is 8.03. The fraction of sp³-hybridized carbons (Fsp3) is 0.938. The number of piperidine rings is 2. The Labute approximate surface area is 123 Å². The first-order valence-corrected chi connectivity index (χ1v) is 8.03. The molecule has 1 N–H and O–H groups in total. The zero-order chi connectivity index (χ0) is 14.8. The van der Waals surface area contributed by atoms with Crippen molar-refractivity contribution in [2.45, 2.75) is 58.6 Å². The Kier molecular flexibility index (Phi) is 5.08. The van der Waals surface area contributed by atoms with E-state index in [4.69, 9.17) is 4.74 Å². The molecule has 0 saturated carbocycles. The lowest BCUT2D eigenvalue weighted by Gasteiger charge is -2.40. The molecule has 4 nitrogen and oxygen atoms in total. The predicted octanol–water partition coefficient (Wildman–Crippen LogP) is 2.04. The van der Waals surface area contributed by atoms with E-state index in [0.29, 0.717) is 6.04 Å². The van der Waals surface area contributed by atoms with Gasteiger partial charge in [-0.3, -0.25) is 9.69 Å². The number of nitrogens with zero attached hydrogens (tertiary/aromatic N) is 1. The van der Waals surface area contributed by atoms with Gasteiger partial charge in [0.05, 0.1) is 5.92 Å². The number of rotatable bonds is 2. The Bertz CT molecular complexity index is 330. The third kappa shape index (κ3) is 4.45. The van der Waals surface area contributed by atoms with Gasteiger partial charge < -0.3 is 10.1 Å².